The number of alkyl halides is 3. The SMILES string of the molecule is NCC(=O)Nc1cn2cc(-c3cnc(N)c(C(F)(F)F)c3)ccc2n1. The average molecular weight is 350 g/mol. The molecule has 25 heavy (non-hydrogen) atoms. The molecule has 3 heterocycles. The van der Waals surface area contributed by atoms with Crippen molar-refractivity contribution in [2.24, 2.45) is 5.73 Å². The highest BCUT2D eigenvalue weighted by atomic mass is 19.4. The van der Waals surface area contributed by atoms with E-state index >= 15 is 0 Å². The van der Waals surface area contributed by atoms with Gasteiger partial charge in [0.1, 0.15) is 11.5 Å². The van der Waals surface area contributed by atoms with Crippen molar-refractivity contribution in [3.05, 3.63) is 42.4 Å². The Morgan fingerprint density at radius 3 is 2.68 bits per heavy atom. The van der Waals surface area contributed by atoms with Gasteiger partial charge in [0.05, 0.1) is 18.3 Å². The Balaban J connectivity index is 2.00. The highest BCUT2D eigenvalue weighted by Gasteiger charge is 2.34. The first kappa shape index (κ1) is 16.7. The van der Waals surface area contributed by atoms with Gasteiger partial charge in [-0.25, -0.2) is 9.97 Å². The monoisotopic (exact) mass is 350 g/mol. The summed E-state index contributed by atoms with van der Waals surface area (Å²) in [5, 5.41) is 2.50. The maximum Gasteiger partial charge on any atom is 0.419 e. The van der Waals surface area contributed by atoms with Crippen LogP contribution in [0, 0.1) is 0 Å². The Morgan fingerprint density at radius 2 is 2.00 bits per heavy atom. The lowest BCUT2D eigenvalue weighted by atomic mass is 10.1. The lowest BCUT2D eigenvalue weighted by Gasteiger charge is -2.11. The summed E-state index contributed by atoms with van der Waals surface area (Å²) in [5.41, 5.74) is 10.8. The third kappa shape index (κ3) is 3.38. The number of carbonyl (C=O) groups excluding carboxylic acids is 1. The Labute approximate surface area is 139 Å². The van der Waals surface area contributed by atoms with Crippen molar-refractivity contribution < 1.29 is 18.0 Å². The summed E-state index contributed by atoms with van der Waals surface area (Å²) in [6, 6.07) is 4.15. The molecule has 0 saturated heterocycles. The minimum atomic E-state index is -4.59. The molecule has 0 bridgehead atoms. The van der Waals surface area contributed by atoms with Crippen molar-refractivity contribution in [3.8, 4) is 11.1 Å². The number of nitrogen functional groups attached to an aromatic ring is 1. The summed E-state index contributed by atoms with van der Waals surface area (Å²) in [7, 11) is 0. The first-order valence-corrected chi connectivity index (χ1v) is 7.09. The van der Waals surface area contributed by atoms with E-state index in [1.165, 1.54) is 12.4 Å². The Bertz CT molecular complexity index is 950. The minimum Gasteiger partial charge on any atom is -0.383 e. The number of fused-ring (bicyclic) bond motifs is 1. The molecule has 10 heteroatoms. The van der Waals surface area contributed by atoms with E-state index in [2.05, 4.69) is 15.3 Å². The van der Waals surface area contributed by atoms with Crippen molar-refractivity contribution in [3.63, 3.8) is 0 Å². The largest absolute Gasteiger partial charge is 0.419 e. The van der Waals surface area contributed by atoms with Crippen LogP contribution < -0.4 is 16.8 Å². The highest BCUT2D eigenvalue weighted by molar-refractivity contribution is 5.91. The number of pyridine rings is 2. The van der Waals surface area contributed by atoms with Gasteiger partial charge in [0.2, 0.25) is 5.91 Å². The van der Waals surface area contributed by atoms with E-state index in [4.69, 9.17) is 11.5 Å². The second kappa shape index (κ2) is 6.06. The third-order valence-corrected chi connectivity index (χ3v) is 3.46. The van der Waals surface area contributed by atoms with Crippen LogP contribution in [-0.2, 0) is 11.0 Å². The zero-order valence-electron chi connectivity index (χ0n) is 12.7. The average Bonchev–Trinajstić information content (AvgIpc) is 2.95. The van der Waals surface area contributed by atoms with Crippen LogP contribution in [0.2, 0.25) is 0 Å². The van der Waals surface area contributed by atoms with E-state index in [1.54, 1.807) is 22.7 Å². The maximum absolute atomic E-state index is 13.0. The number of halogens is 3. The molecule has 0 spiro atoms. The number of hydrogen-bond donors (Lipinski definition) is 3. The number of amides is 1. The fourth-order valence-electron chi connectivity index (χ4n) is 2.28. The predicted molar refractivity (Wildman–Crippen MR) is 85.5 cm³/mol. The Morgan fingerprint density at radius 1 is 1.24 bits per heavy atom. The molecule has 0 unspecified atom stereocenters. The zero-order valence-corrected chi connectivity index (χ0v) is 12.7. The lowest BCUT2D eigenvalue weighted by Crippen LogP contribution is -2.21. The molecular weight excluding hydrogens is 337 g/mol. The van der Waals surface area contributed by atoms with Gasteiger partial charge in [-0.15, -0.1) is 0 Å². The summed E-state index contributed by atoms with van der Waals surface area (Å²) in [4.78, 5) is 19.1. The maximum atomic E-state index is 13.0. The van der Waals surface area contributed by atoms with Gasteiger partial charge in [0.15, 0.2) is 5.82 Å². The van der Waals surface area contributed by atoms with E-state index in [9.17, 15) is 18.0 Å². The van der Waals surface area contributed by atoms with Crippen LogP contribution in [0.4, 0.5) is 24.8 Å². The molecule has 0 aromatic carbocycles. The number of nitrogens with two attached hydrogens (primary N) is 2. The molecule has 0 aliphatic carbocycles. The van der Waals surface area contributed by atoms with Crippen LogP contribution in [0.1, 0.15) is 5.56 Å². The first-order valence-electron chi connectivity index (χ1n) is 7.09. The smallest absolute Gasteiger partial charge is 0.383 e. The molecular formula is C15H13F3N6O. The molecule has 5 N–H and O–H groups in total. The zero-order chi connectivity index (χ0) is 18.2. The molecule has 0 aliphatic heterocycles. The molecule has 7 nitrogen and oxygen atoms in total. The van der Waals surface area contributed by atoms with Crippen LogP contribution in [-0.4, -0.2) is 26.8 Å². The number of hydrogen-bond acceptors (Lipinski definition) is 5. The molecule has 0 saturated carbocycles. The van der Waals surface area contributed by atoms with Crippen LogP contribution in [0.15, 0.2) is 36.8 Å². The quantitative estimate of drug-likeness (QED) is 0.668. The highest BCUT2D eigenvalue weighted by Crippen LogP contribution is 2.35. The van der Waals surface area contributed by atoms with Crippen molar-refractivity contribution in [2.75, 3.05) is 17.6 Å². The van der Waals surface area contributed by atoms with Crippen molar-refractivity contribution in [1.82, 2.24) is 14.4 Å². The number of rotatable bonds is 3. The van der Waals surface area contributed by atoms with Gasteiger partial charge in [-0.05, 0) is 18.2 Å². The van der Waals surface area contributed by atoms with Gasteiger partial charge in [-0.2, -0.15) is 13.2 Å². The van der Waals surface area contributed by atoms with Gasteiger partial charge in [0, 0.05) is 23.5 Å². The first-order chi connectivity index (χ1) is 11.8. The minimum absolute atomic E-state index is 0.184. The van der Waals surface area contributed by atoms with E-state index in [0.717, 1.165) is 6.07 Å². The second-order valence-electron chi connectivity index (χ2n) is 5.22. The number of imidazole rings is 1. The Kier molecular flexibility index (Phi) is 4.05. The molecule has 1 amide bonds. The summed E-state index contributed by atoms with van der Waals surface area (Å²) >= 11 is 0. The molecule has 0 aliphatic rings. The molecule has 3 rings (SSSR count). The van der Waals surface area contributed by atoms with Gasteiger partial charge in [-0.3, -0.25) is 4.79 Å². The van der Waals surface area contributed by atoms with E-state index in [0.29, 0.717) is 17.0 Å². The Hall–Kier alpha value is -3.14. The van der Waals surface area contributed by atoms with E-state index in [-0.39, 0.29) is 12.1 Å². The number of aromatic nitrogens is 3. The molecule has 130 valence electrons. The van der Waals surface area contributed by atoms with Crippen LogP contribution in [0.25, 0.3) is 16.8 Å². The van der Waals surface area contributed by atoms with Crippen LogP contribution >= 0.6 is 0 Å². The van der Waals surface area contributed by atoms with E-state index in [1.807, 2.05) is 0 Å². The fourth-order valence-corrected chi connectivity index (χ4v) is 2.28. The molecule has 0 fully saturated rings. The summed E-state index contributed by atoms with van der Waals surface area (Å²) in [6.07, 6.45) is -0.221. The number of carbonyl (C=O) groups is 1. The summed E-state index contributed by atoms with van der Waals surface area (Å²) in [6.45, 7) is -0.184. The van der Waals surface area contributed by atoms with Crippen LogP contribution in [0.3, 0.4) is 0 Å². The molecule has 0 radical (unpaired) electrons. The van der Waals surface area contributed by atoms with Gasteiger partial charge in [-0.1, -0.05) is 0 Å². The fraction of sp³-hybridized carbons (Fsp3) is 0.133. The van der Waals surface area contributed by atoms with Gasteiger partial charge >= 0.3 is 6.18 Å². The number of anilines is 2. The van der Waals surface area contributed by atoms with Crippen molar-refractivity contribution in [1.29, 1.82) is 0 Å². The molecule has 3 aromatic heterocycles. The summed E-state index contributed by atoms with van der Waals surface area (Å²) < 4.78 is 40.5. The molecule has 3 aromatic rings. The van der Waals surface area contributed by atoms with Gasteiger partial charge < -0.3 is 21.2 Å². The normalized spacial score (nSPS) is 11.7. The second-order valence-corrected chi connectivity index (χ2v) is 5.22. The number of nitrogens with zero attached hydrogens (tertiary/aromatic N) is 3. The topological polar surface area (TPSA) is 111 Å². The van der Waals surface area contributed by atoms with E-state index < -0.39 is 23.5 Å². The summed E-state index contributed by atoms with van der Waals surface area (Å²) in [5.74, 6) is -0.688. The van der Waals surface area contributed by atoms with Gasteiger partial charge in [0.25, 0.3) is 0 Å². The third-order valence-electron chi connectivity index (χ3n) is 3.46. The van der Waals surface area contributed by atoms with Crippen molar-refractivity contribution >= 4 is 23.2 Å². The number of nitrogens with one attached hydrogen (secondary N) is 1. The standard InChI is InChI=1S/C15H13F3N6O/c16-15(17,18)10-3-9(5-21-14(10)20)8-1-2-12-22-11(7-24(12)6-8)23-13(25)4-19/h1-3,5-7H,4,19H2,(H2,20,21)(H,23,25). The van der Waals surface area contributed by atoms with Crippen LogP contribution in [0.5, 0.6) is 0 Å². The molecule has 0 atom stereocenters. The lowest BCUT2D eigenvalue weighted by molar-refractivity contribution is -0.137. The predicted octanol–water partition coefficient (Wildman–Crippen LogP) is 1.89. The van der Waals surface area contributed by atoms with Crippen molar-refractivity contribution in [2.45, 2.75) is 6.18 Å².